The van der Waals surface area contributed by atoms with E-state index in [0.717, 1.165) is 10.9 Å². The number of rotatable bonds is 1. The molecule has 0 atom stereocenters. The molecule has 110 valence electrons. The van der Waals surface area contributed by atoms with Gasteiger partial charge in [-0.15, -0.1) is 0 Å². The molecule has 1 fully saturated rings. The van der Waals surface area contributed by atoms with Crippen LogP contribution in [0.1, 0.15) is 24.2 Å². The molecule has 1 aliphatic rings. The maximum absolute atomic E-state index is 12.8. The minimum atomic E-state index is -0.811. The second-order valence-corrected chi connectivity index (χ2v) is 6.02. The summed E-state index contributed by atoms with van der Waals surface area (Å²) >= 11 is 0. The van der Waals surface area contributed by atoms with Crippen molar-refractivity contribution in [2.45, 2.75) is 19.4 Å². The fourth-order valence-corrected chi connectivity index (χ4v) is 2.91. The monoisotopic (exact) mass is 285 g/mol. The van der Waals surface area contributed by atoms with Crippen LogP contribution in [0.4, 0.5) is 0 Å². The molecule has 1 aromatic carbocycles. The smallest absolute Gasteiger partial charge is 0.254 e. The van der Waals surface area contributed by atoms with Gasteiger partial charge in [0.05, 0.1) is 0 Å². The lowest BCUT2D eigenvalue weighted by Gasteiger charge is -2.44. The van der Waals surface area contributed by atoms with E-state index < -0.39 is 5.54 Å². The Kier molecular flexibility index (Phi) is 3.01. The summed E-state index contributed by atoms with van der Waals surface area (Å²) < 4.78 is 0. The Balaban J connectivity index is 1.95. The Labute approximate surface area is 123 Å². The molecule has 1 aliphatic heterocycles. The number of benzene rings is 1. The van der Waals surface area contributed by atoms with Crippen LogP contribution in [-0.2, 0) is 4.79 Å². The van der Waals surface area contributed by atoms with Crippen LogP contribution in [0.5, 0.6) is 0 Å². The van der Waals surface area contributed by atoms with Crippen molar-refractivity contribution in [3.05, 3.63) is 36.0 Å². The SMILES string of the molecule is CN1CCN(C(=O)c2ccc3cc[nH]c3c2)C(C)(C)C1=O. The number of aromatic nitrogens is 1. The molecule has 0 unspecified atom stereocenters. The molecular weight excluding hydrogens is 266 g/mol. The molecule has 2 heterocycles. The Morgan fingerprint density at radius 1 is 1.24 bits per heavy atom. The van der Waals surface area contributed by atoms with E-state index in [1.807, 2.05) is 30.5 Å². The second-order valence-electron chi connectivity index (χ2n) is 6.02. The zero-order chi connectivity index (χ0) is 15.2. The molecule has 0 aliphatic carbocycles. The molecule has 2 aromatic rings. The van der Waals surface area contributed by atoms with Crippen molar-refractivity contribution < 1.29 is 9.59 Å². The molecule has 0 bridgehead atoms. The van der Waals surface area contributed by atoms with Gasteiger partial charge in [-0.05, 0) is 37.4 Å². The Morgan fingerprint density at radius 3 is 2.76 bits per heavy atom. The Bertz CT molecular complexity index is 717. The van der Waals surface area contributed by atoms with Gasteiger partial charge in [0, 0.05) is 37.4 Å². The van der Waals surface area contributed by atoms with Gasteiger partial charge in [-0.25, -0.2) is 0 Å². The molecule has 1 saturated heterocycles. The van der Waals surface area contributed by atoms with Gasteiger partial charge in [0.15, 0.2) is 0 Å². The first-order valence-corrected chi connectivity index (χ1v) is 7.06. The number of likely N-dealkylation sites (N-methyl/N-ethyl adjacent to an activating group) is 1. The van der Waals surface area contributed by atoms with Crippen molar-refractivity contribution in [3.8, 4) is 0 Å². The van der Waals surface area contributed by atoms with Crippen molar-refractivity contribution >= 4 is 22.7 Å². The molecule has 5 heteroatoms. The van der Waals surface area contributed by atoms with Crippen molar-refractivity contribution in [3.63, 3.8) is 0 Å². The first-order valence-electron chi connectivity index (χ1n) is 7.06. The molecule has 2 amide bonds. The second kappa shape index (κ2) is 4.62. The van der Waals surface area contributed by atoms with E-state index >= 15 is 0 Å². The van der Waals surface area contributed by atoms with Crippen molar-refractivity contribution in [2.24, 2.45) is 0 Å². The minimum absolute atomic E-state index is 0.0250. The van der Waals surface area contributed by atoms with Gasteiger partial charge in [-0.3, -0.25) is 9.59 Å². The molecule has 21 heavy (non-hydrogen) atoms. The number of fused-ring (bicyclic) bond motifs is 1. The maximum atomic E-state index is 12.8. The molecule has 0 saturated carbocycles. The summed E-state index contributed by atoms with van der Waals surface area (Å²) in [6.45, 7) is 4.72. The van der Waals surface area contributed by atoms with Crippen LogP contribution in [0, 0.1) is 0 Å². The highest BCUT2D eigenvalue weighted by Crippen LogP contribution is 2.25. The third-order valence-electron chi connectivity index (χ3n) is 4.25. The van der Waals surface area contributed by atoms with Crippen LogP contribution in [0.15, 0.2) is 30.5 Å². The van der Waals surface area contributed by atoms with Gasteiger partial charge >= 0.3 is 0 Å². The van der Waals surface area contributed by atoms with Gasteiger partial charge in [-0.1, -0.05) is 6.07 Å². The molecule has 5 nitrogen and oxygen atoms in total. The number of aromatic amines is 1. The van der Waals surface area contributed by atoms with Crippen molar-refractivity contribution in [2.75, 3.05) is 20.1 Å². The van der Waals surface area contributed by atoms with E-state index in [1.165, 1.54) is 0 Å². The lowest BCUT2D eigenvalue weighted by molar-refractivity contribution is -0.144. The van der Waals surface area contributed by atoms with Crippen molar-refractivity contribution in [1.29, 1.82) is 0 Å². The van der Waals surface area contributed by atoms with E-state index in [4.69, 9.17) is 0 Å². The number of nitrogens with zero attached hydrogens (tertiary/aromatic N) is 2. The summed E-state index contributed by atoms with van der Waals surface area (Å²) in [4.78, 5) is 31.5. The lowest BCUT2D eigenvalue weighted by atomic mass is 9.96. The summed E-state index contributed by atoms with van der Waals surface area (Å²) in [7, 11) is 1.77. The number of piperazine rings is 1. The van der Waals surface area contributed by atoms with Gasteiger partial charge in [0.25, 0.3) is 5.91 Å². The number of hydrogen-bond acceptors (Lipinski definition) is 2. The average molecular weight is 285 g/mol. The molecule has 1 N–H and O–H groups in total. The third kappa shape index (κ3) is 2.09. The van der Waals surface area contributed by atoms with Crippen LogP contribution < -0.4 is 0 Å². The predicted octanol–water partition coefficient (Wildman–Crippen LogP) is 1.86. The highest BCUT2D eigenvalue weighted by Gasteiger charge is 2.43. The highest BCUT2D eigenvalue weighted by atomic mass is 16.2. The quantitative estimate of drug-likeness (QED) is 0.869. The van der Waals surface area contributed by atoms with E-state index in [1.54, 1.807) is 30.7 Å². The van der Waals surface area contributed by atoms with Crippen LogP contribution in [-0.4, -0.2) is 52.3 Å². The zero-order valence-electron chi connectivity index (χ0n) is 12.5. The number of nitrogens with one attached hydrogen (secondary N) is 1. The summed E-state index contributed by atoms with van der Waals surface area (Å²) in [6.07, 6.45) is 1.85. The first-order chi connectivity index (χ1) is 9.91. The number of hydrogen-bond donors (Lipinski definition) is 1. The number of amides is 2. The molecule has 3 rings (SSSR count). The standard InChI is InChI=1S/C16H19N3O2/c1-16(2)15(21)18(3)8-9-19(16)14(20)12-5-4-11-6-7-17-13(11)10-12/h4-7,10,17H,8-9H2,1-3H3. The Hall–Kier alpha value is -2.30. The fraction of sp³-hybridized carbons (Fsp3) is 0.375. The Morgan fingerprint density at radius 2 is 2.00 bits per heavy atom. The van der Waals surface area contributed by atoms with E-state index in [-0.39, 0.29) is 11.8 Å². The van der Waals surface area contributed by atoms with Gasteiger partial charge in [0.1, 0.15) is 5.54 Å². The van der Waals surface area contributed by atoms with Gasteiger partial charge in [0.2, 0.25) is 5.91 Å². The van der Waals surface area contributed by atoms with Crippen LogP contribution >= 0.6 is 0 Å². The molecule has 1 aromatic heterocycles. The van der Waals surface area contributed by atoms with Crippen molar-refractivity contribution in [1.82, 2.24) is 14.8 Å². The predicted molar refractivity (Wildman–Crippen MR) is 81.1 cm³/mol. The first kappa shape index (κ1) is 13.7. The topological polar surface area (TPSA) is 56.4 Å². The van der Waals surface area contributed by atoms with E-state index in [0.29, 0.717) is 18.7 Å². The molecular formula is C16H19N3O2. The number of carbonyl (C=O) groups is 2. The maximum Gasteiger partial charge on any atom is 0.254 e. The zero-order valence-corrected chi connectivity index (χ0v) is 12.5. The lowest BCUT2D eigenvalue weighted by Crippen LogP contribution is -2.63. The normalized spacial score (nSPS) is 18.3. The summed E-state index contributed by atoms with van der Waals surface area (Å²) in [5.41, 5.74) is 0.726. The number of H-pyrrole nitrogens is 1. The van der Waals surface area contributed by atoms with Gasteiger partial charge in [-0.2, -0.15) is 0 Å². The highest BCUT2D eigenvalue weighted by molar-refractivity contribution is 6.01. The van der Waals surface area contributed by atoms with Crippen LogP contribution in [0.25, 0.3) is 10.9 Å². The minimum Gasteiger partial charge on any atom is -0.361 e. The van der Waals surface area contributed by atoms with Crippen LogP contribution in [0.2, 0.25) is 0 Å². The summed E-state index contributed by atoms with van der Waals surface area (Å²) in [5.74, 6) is -0.124. The third-order valence-corrected chi connectivity index (χ3v) is 4.25. The average Bonchev–Trinajstić information content (AvgIpc) is 2.91. The summed E-state index contributed by atoms with van der Waals surface area (Å²) in [6, 6.07) is 7.55. The van der Waals surface area contributed by atoms with E-state index in [2.05, 4.69) is 4.98 Å². The largest absolute Gasteiger partial charge is 0.361 e. The molecule has 0 spiro atoms. The van der Waals surface area contributed by atoms with Gasteiger partial charge < -0.3 is 14.8 Å². The van der Waals surface area contributed by atoms with Crippen LogP contribution in [0.3, 0.4) is 0 Å². The fourth-order valence-electron chi connectivity index (χ4n) is 2.91. The summed E-state index contributed by atoms with van der Waals surface area (Å²) in [5, 5.41) is 1.07. The van der Waals surface area contributed by atoms with E-state index in [9.17, 15) is 9.59 Å². The number of carbonyl (C=O) groups excluding carboxylic acids is 2. The molecule has 0 radical (unpaired) electrons.